The third-order valence-electron chi connectivity index (χ3n) is 3.61. The van der Waals surface area contributed by atoms with Crippen molar-refractivity contribution in [2.45, 2.75) is 26.2 Å². The van der Waals surface area contributed by atoms with Crippen LogP contribution >= 0.6 is 0 Å². The molecule has 2 aromatic rings. The molecule has 0 aromatic heterocycles. The van der Waals surface area contributed by atoms with Gasteiger partial charge in [0.15, 0.2) is 5.96 Å². The number of aliphatic imine (C=N–C) groups is 1. The van der Waals surface area contributed by atoms with E-state index in [0.29, 0.717) is 5.96 Å². The van der Waals surface area contributed by atoms with Crippen molar-refractivity contribution in [3.05, 3.63) is 59.7 Å². The fraction of sp³-hybridized carbons (Fsp3) is 0.316. The number of benzene rings is 2. The Hall–Kier alpha value is -2.49. The highest BCUT2D eigenvalue weighted by Gasteiger charge is 1.97. The summed E-state index contributed by atoms with van der Waals surface area (Å²) in [5.74, 6) is 1.37. The summed E-state index contributed by atoms with van der Waals surface area (Å²) in [4.78, 5) is 4.37. The highest BCUT2D eigenvalue weighted by Crippen LogP contribution is 2.13. The summed E-state index contributed by atoms with van der Waals surface area (Å²) >= 11 is 0. The van der Waals surface area contributed by atoms with Gasteiger partial charge in [-0.1, -0.05) is 24.3 Å². The fourth-order valence-electron chi connectivity index (χ4n) is 2.34. The van der Waals surface area contributed by atoms with Crippen LogP contribution in [0.2, 0.25) is 0 Å². The molecule has 0 bridgehead atoms. The second-order valence-electron chi connectivity index (χ2n) is 5.57. The van der Waals surface area contributed by atoms with Crippen LogP contribution in [0.3, 0.4) is 0 Å². The monoisotopic (exact) mass is 311 g/mol. The first-order valence-electron chi connectivity index (χ1n) is 7.94. The van der Waals surface area contributed by atoms with Crippen LogP contribution in [0.4, 0.5) is 5.69 Å². The minimum atomic E-state index is 0.472. The molecule has 0 spiro atoms. The van der Waals surface area contributed by atoms with E-state index < -0.39 is 0 Å². The molecule has 0 amide bonds. The van der Waals surface area contributed by atoms with Gasteiger partial charge in [-0.05, 0) is 61.6 Å². The molecular formula is C19H25N3O. The van der Waals surface area contributed by atoms with Crippen molar-refractivity contribution in [2.24, 2.45) is 10.7 Å². The maximum atomic E-state index is 5.91. The highest BCUT2D eigenvalue weighted by molar-refractivity contribution is 5.92. The molecule has 0 heterocycles. The SMILES string of the molecule is COc1ccc(CCCCN=C(N)Nc2cccc(C)c2)cc1. The zero-order chi connectivity index (χ0) is 16.5. The second-order valence-corrected chi connectivity index (χ2v) is 5.57. The minimum Gasteiger partial charge on any atom is -0.497 e. The van der Waals surface area contributed by atoms with E-state index in [1.807, 2.05) is 30.3 Å². The van der Waals surface area contributed by atoms with E-state index in [-0.39, 0.29) is 0 Å². The molecule has 3 N–H and O–H groups in total. The van der Waals surface area contributed by atoms with Crippen molar-refractivity contribution >= 4 is 11.6 Å². The molecule has 0 aliphatic heterocycles. The molecule has 2 aromatic carbocycles. The van der Waals surface area contributed by atoms with Crippen LogP contribution in [0.25, 0.3) is 0 Å². The summed E-state index contributed by atoms with van der Waals surface area (Å²) in [6.07, 6.45) is 3.15. The van der Waals surface area contributed by atoms with E-state index in [9.17, 15) is 0 Å². The van der Waals surface area contributed by atoms with Crippen molar-refractivity contribution in [1.82, 2.24) is 0 Å². The number of hydrogen-bond acceptors (Lipinski definition) is 2. The van der Waals surface area contributed by atoms with Crippen molar-refractivity contribution in [2.75, 3.05) is 19.0 Å². The van der Waals surface area contributed by atoms with Crippen LogP contribution in [0.15, 0.2) is 53.5 Å². The summed E-state index contributed by atoms with van der Waals surface area (Å²) < 4.78 is 5.16. The van der Waals surface area contributed by atoms with Gasteiger partial charge in [0.25, 0.3) is 0 Å². The molecule has 0 aliphatic rings. The summed E-state index contributed by atoms with van der Waals surface area (Å²) in [7, 11) is 1.68. The minimum absolute atomic E-state index is 0.472. The molecule has 2 rings (SSSR count). The van der Waals surface area contributed by atoms with Crippen LogP contribution in [0.1, 0.15) is 24.0 Å². The predicted octanol–water partition coefficient (Wildman–Crippen LogP) is 3.75. The van der Waals surface area contributed by atoms with Crippen LogP contribution in [-0.2, 0) is 6.42 Å². The van der Waals surface area contributed by atoms with Crippen molar-refractivity contribution in [3.8, 4) is 5.75 Å². The first-order chi connectivity index (χ1) is 11.2. The Morgan fingerprint density at radius 1 is 1.13 bits per heavy atom. The zero-order valence-electron chi connectivity index (χ0n) is 13.9. The second kappa shape index (κ2) is 8.83. The third kappa shape index (κ3) is 6.02. The Morgan fingerprint density at radius 2 is 1.91 bits per heavy atom. The van der Waals surface area contributed by atoms with Gasteiger partial charge in [-0.3, -0.25) is 4.99 Å². The predicted molar refractivity (Wildman–Crippen MR) is 97.2 cm³/mol. The van der Waals surface area contributed by atoms with E-state index in [1.165, 1.54) is 11.1 Å². The number of rotatable bonds is 7. The van der Waals surface area contributed by atoms with E-state index in [4.69, 9.17) is 10.5 Å². The van der Waals surface area contributed by atoms with E-state index in [1.54, 1.807) is 7.11 Å². The van der Waals surface area contributed by atoms with E-state index in [0.717, 1.165) is 37.2 Å². The van der Waals surface area contributed by atoms with Gasteiger partial charge in [0.05, 0.1) is 7.11 Å². The molecule has 23 heavy (non-hydrogen) atoms. The van der Waals surface area contributed by atoms with Gasteiger partial charge in [0.2, 0.25) is 0 Å². The smallest absolute Gasteiger partial charge is 0.193 e. The van der Waals surface area contributed by atoms with Crippen molar-refractivity contribution < 1.29 is 4.74 Å². The van der Waals surface area contributed by atoms with Gasteiger partial charge in [-0.25, -0.2) is 0 Å². The lowest BCUT2D eigenvalue weighted by Crippen LogP contribution is -2.22. The Bertz CT molecular complexity index is 635. The lowest BCUT2D eigenvalue weighted by Gasteiger charge is -2.06. The van der Waals surface area contributed by atoms with Gasteiger partial charge in [0, 0.05) is 12.2 Å². The highest BCUT2D eigenvalue weighted by atomic mass is 16.5. The Labute approximate surface area is 138 Å². The number of guanidine groups is 1. The molecule has 0 atom stereocenters. The van der Waals surface area contributed by atoms with Gasteiger partial charge in [-0.15, -0.1) is 0 Å². The summed E-state index contributed by atoms with van der Waals surface area (Å²) in [5.41, 5.74) is 9.40. The fourth-order valence-corrected chi connectivity index (χ4v) is 2.34. The molecule has 0 unspecified atom stereocenters. The summed E-state index contributed by atoms with van der Waals surface area (Å²) in [6.45, 7) is 2.79. The first-order valence-corrected chi connectivity index (χ1v) is 7.94. The lowest BCUT2D eigenvalue weighted by atomic mass is 10.1. The molecular weight excluding hydrogens is 286 g/mol. The Morgan fingerprint density at radius 3 is 2.61 bits per heavy atom. The Kier molecular flexibility index (Phi) is 6.48. The molecule has 0 saturated heterocycles. The number of anilines is 1. The molecule has 0 saturated carbocycles. The number of hydrogen-bond donors (Lipinski definition) is 2. The molecule has 122 valence electrons. The largest absolute Gasteiger partial charge is 0.497 e. The quantitative estimate of drug-likeness (QED) is 0.465. The number of ether oxygens (including phenoxy) is 1. The maximum absolute atomic E-state index is 5.91. The first kappa shape index (κ1) is 16.9. The van der Waals surface area contributed by atoms with Crippen LogP contribution in [0, 0.1) is 6.92 Å². The Balaban J connectivity index is 1.69. The van der Waals surface area contributed by atoms with Gasteiger partial charge in [0.1, 0.15) is 5.75 Å². The number of aryl methyl sites for hydroxylation is 2. The normalized spacial score (nSPS) is 11.3. The number of nitrogens with zero attached hydrogens (tertiary/aromatic N) is 1. The van der Waals surface area contributed by atoms with Crippen molar-refractivity contribution in [1.29, 1.82) is 0 Å². The number of methoxy groups -OCH3 is 1. The van der Waals surface area contributed by atoms with E-state index in [2.05, 4.69) is 35.4 Å². The number of unbranched alkanes of at least 4 members (excludes halogenated alkanes) is 1. The lowest BCUT2D eigenvalue weighted by molar-refractivity contribution is 0.414. The molecule has 0 aliphatic carbocycles. The number of nitrogens with two attached hydrogens (primary N) is 1. The number of nitrogens with one attached hydrogen (secondary N) is 1. The van der Waals surface area contributed by atoms with Crippen LogP contribution in [0.5, 0.6) is 5.75 Å². The van der Waals surface area contributed by atoms with Crippen LogP contribution < -0.4 is 15.8 Å². The average molecular weight is 311 g/mol. The summed E-state index contributed by atoms with van der Waals surface area (Å²) in [5, 5.41) is 3.12. The zero-order valence-corrected chi connectivity index (χ0v) is 13.9. The topological polar surface area (TPSA) is 59.6 Å². The van der Waals surface area contributed by atoms with Crippen LogP contribution in [-0.4, -0.2) is 19.6 Å². The maximum Gasteiger partial charge on any atom is 0.193 e. The van der Waals surface area contributed by atoms with Gasteiger partial charge >= 0.3 is 0 Å². The summed E-state index contributed by atoms with van der Waals surface area (Å²) in [6, 6.07) is 16.3. The third-order valence-corrected chi connectivity index (χ3v) is 3.61. The van der Waals surface area contributed by atoms with Gasteiger partial charge in [-0.2, -0.15) is 0 Å². The van der Waals surface area contributed by atoms with E-state index >= 15 is 0 Å². The molecule has 4 nitrogen and oxygen atoms in total. The molecule has 0 radical (unpaired) electrons. The molecule has 0 fully saturated rings. The van der Waals surface area contributed by atoms with Gasteiger partial charge < -0.3 is 15.8 Å². The standard InChI is InChI=1S/C19H25N3O/c1-15-6-5-8-17(14-15)22-19(20)21-13-4-3-7-16-9-11-18(23-2)12-10-16/h5-6,8-12,14H,3-4,7,13H2,1-2H3,(H3,20,21,22). The molecule has 4 heteroatoms. The van der Waals surface area contributed by atoms with Crippen molar-refractivity contribution in [3.63, 3.8) is 0 Å². The average Bonchev–Trinajstić information content (AvgIpc) is 2.55.